The van der Waals surface area contributed by atoms with Crippen LogP contribution in [0.3, 0.4) is 0 Å². The SMILES string of the molecule is Cc1ccc(C#N)c(NCCCC2CCCC2)c1. The second kappa shape index (κ2) is 6.44. The molecule has 2 nitrogen and oxygen atoms in total. The Morgan fingerprint density at radius 3 is 2.83 bits per heavy atom. The van der Waals surface area contributed by atoms with Gasteiger partial charge in [0.1, 0.15) is 6.07 Å². The van der Waals surface area contributed by atoms with Crippen LogP contribution < -0.4 is 5.32 Å². The van der Waals surface area contributed by atoms with Crippen molar-refractivity contribution in [1.29, 1.82) is 5.26 Å². The van der Waals surface area contributed by atoms with Crippen LogP contribution in [-0.4, -0.2) is 6.54 Å². The molecule has 2 heteroatoms. The van der Waals surface area contributed by atoms with Crippen LogP contribution in [0.15, 0.2) is 18.2 Å². The normalized spacial score (nSPS) is 15.6. The van der Waals surface area contributed by atoms with Gasteiger partial charge in [0, 0.05) is 6.54 Å². The van der Waals surface area contributed by atoms with Crippen molar-refractivity contribution < 1.29 is 0 Å². The van der Waals surface area contributed by atoms with Gasteiger partial charge in [0.15, 0.2) is 0 Å². The minimum absolute atomic E-state index is 0.751. The lowest BCUT2D eigenvalue weighted by Gasteiger charge is -2.11. The molecule has 0 bridgehead atoms. The molecule has 0 radical (unpaired) electrons. The summed E-state index contributed by atoms with van der Waals surface area (Å²) in [6, 6.07) is 8.19. The van der Waals surface area contributed by atoms with E-state index < -0.39 is 0 Å². The third kappa shape index (κ3) is 3.50. The predicted octanol–water partition coefficient (Wildman–Crippen LogP) is 4.25. The highest BCUT2D eigenvalue weighted by atomic mass is 14.9. The number of anilines is 1. The molecule has 96 valence electrons. The van der Waals surface area contributed by atoms with E-state index in [1.807, 2.05) is 12.1 Å². The third-order valence-corrected chi connectivity index (χ3v) is 3.87. The number of rotatable bonds is 5. The van der Waals surface area contributed by atoms with E-state index in [-0.39, 0.29) is 0 Å². The van der Waals surface area contributed by atoms with E-state index in [0.717, 1.165) is 23.7 Å². The summed E-state index contributed by atoms with van der Waals surface area (Å²) in [5.41, 5.74) is 2.94. The second-order valence-corrected chi connectivity index (χ2v) is 5.38. The molecule has 1 N–H and O–H groups in total. The number of hydrogen-bond acceptors (Lipinski definition) is 2. The van der Waals surface area contributed by atoms with E-state index in [4.69, 9.17) is 5.26 Å². The molecule has 0 unspecified atom stereocenters. The smallest absolute Gasteiger partial charge is 0.101 e. The zero-order chi connectivity index (χ0) is 12.8. The van der Waals surface area contributed by atoms with E-state index in [1.165, 1.54) is 44.1 Å². The minimum Gasteiger partial charge on any atom is -0.384 e. The fourth-order valence-corrected chi connectivity index (χ4v) is 2.81. The highest BCUT2D eigenvalue weighted by molar-refractivity contribution is 5.58. The van der Waals surface area contributed by atoms with Crippen molar-refractivity contribution in [1.82, 2.24) is 0 Å². The van der Waals surface area contributed by atoms with E-state index in [0.29, 0.717) is 0 Å². The van der Waals surface area contributed by atoms with E-state index in [9.17, 15) is 0 Å². The Kier molecular flexibility index (Phi) is 4.64. The van der Waals surface area contributed by atoms with Crippen molar-refractivity contribution in [3.05, 3.63) is 29.3 Å². The average Bonchev–Trinajstić information content (AvgIpc) is 2.88. The molecule has 1 fully saturated rings. The Hall–Kier alpha value is -1.49. The summed E-state index contributed by atoms with van der Waals surface area (Å²) in [6.45, 7) is 3.04. The van der Waals surface area contributed by atoms with Gasteiger partial charge >= 0.3 is 0 Å². The Labute approximate surface area is 110 Å². The van der Waals surface area contributed by atoms with Crippen molar-refractivity contribution in [3.8, 4) is 6.07 Å². The second-order valence-electron chi connectivity index (χ2n) is 5.38. The fourth-order valence-electron chi connectivity index (χ4n) is 2.81. The van der Waals surface area contributed by atoms with Gasteiger partial charge in [-0.1, -0.05) is 31.7 Å². The van der Waals surface area contributed by atoms with Crippen molar-refractivity contribution in [2.75, 3.05) is 11.9 Å². The van der Waals surface area contributed by atoms with Gasteiger partial charge in [0.05, 0.1) is 11.3 Å². The number of aryl methyl sites for hydroxylation is 1. The molecule has 1 aromatic rings. The summed E-state index contributed by atoms with van der Waals surface area (Å²) in [5.74, 6) is 0.958. The quantitative estimate of drug-likeness (QED) is 0.783. The van der Waals surface area contributed by atoms with Gasteiger partial charge in [0.2, 0.25) is 0 Å². The molecule has 0 saturated heterocycles. The third-order valence-electron chi connectivity index (χ3n) is 3.87. The molecule has 1 saturated carbocycles. The lowest BCUT2D eigenvalue weighted by Crippen LogP contribution is -2.05. The molecule has 0 spiro atoms. The number of nitriles is 1. The Morgan fingerprint density at radius 1 is 1.33 bits per heavy atom. The van der Waals surface area contributed by atoms with Crippen LogP contribution in [0, 0.1) is 24.2 Å². The first-order valence-electron chi connectivity index (χ1n) is 7.04. The molecule has 0 heterocycles. The Morgan fingerprint density at radius 2 is 2.11 bits per heavy atom. The van der Waals surface area contributed by atoms with E-state index in [2.05, 4.69) is 24.4 Å². The van der Waals surface area contributed by atoms with Gasteiger partial charge in [-0.3, -0.25) is 0 Å². The largest absolute Gasteiger partial charge is 0.384 e. The van der Waals surface area contributed by atoms with Crippen LogP contribution in [0.25, 0.3) is 0 Å². The standard InChI is InChI=1S/C16H22N2/c1-13-8-9-15(12-17)16(11-13)18-10-4-7-14-5-2-3-6-14/h8-9,11,14,18H,2-7,10H2,1H3. The first-order chi connectivity index (χ1) is 8.79. The van der Waals surface area contributed by atoms with E-state index >= 15 is 0 Å². The first-order valence-corrected chi connectivity index (χ1v) is 7.04. The monoisotopic (exact) mass is 242 g/mol. The lowest BCUT2D eigenvalue weighted by atomic mass is 10.0. The molecule has 1 aliphatic carbocycles. The average molecular weight is 242 g/mol. The molecule has 1 aromatic carbocycles. The van der Waals surface area contributed by atoms with Crippen LogP contribution in [0.4, 0.5) is 5.69 Å². The Balaban J connectivity index is 1.79. The van der Waals surface area contributed by atoms with Crippen molar-refractivity contribution in [2.45, 2.75) is 45.4 Å². The molecule has 0 amide bonds. The molecular formula is C16H22N2. The van der Waals surface area contributed by atoms with Gasteiger partial charge in [0.25, 0.3) is 0 Å². The van der Waals surface area contributed by atoms with Crippen molar-refractivity contribution in [2.24, 2.45) is 5.92 Å². The molecular weight excluding hydrogens is 220 g/mol. The first kappa shape index (κ1) is 13.0. The topological polar surface area (TPSA) is 35.8 Å². The van der Waals surface area contributed by atoms with E-state index in [1.54, 1.807) is 0 Å². The van der Waals surface area contributed by atoms with Gasteiger partial charge in [-0.15, -0.1) is 0 Å². The Bertz CT molecular complexity index is 425. The zero-order valence-electron chi connectivity index (χ0n) is 11.2. The van der Waals surface area contributed by atoms with Gasteiger partial charge in [-0.05, 0) is 43.4 Å². The van der Waals surface area contributed by atoms with Gasteiger partial charge < -0.3 is 5.32 Å². The van der Waals surface area contributed by atoms with Crippen LogP contribution in [0.1, 0.15) is 49.7 Å². The maximum absolute atomic E-state index is 9.05. The molecule has 18 heavy (non-hydrogen) atoms. The molecule has 0 aromatic heterocycles. The lowest BCUT2D eigenvalue weighted by molar-refractivity contribution is 0.491. The summed E-state index contributed by atoms with van der Waals surface area (Å²) in [6.07, 6.45) is 8.25. The summed E-state index contributed by atoms with van der Waals surface area (Å²) >= 11 is 0. The maximum atomic E-state index is 9.05. The highest BCUT2D eigenvalue weighted by Crippen LogP contribution is 2.28. The highest BCUT2D eigenvalue weighted by Gasteiger charge is 2.13. The zero-order valence-corrected chi connectivity index (χ0v) is 11.2. The molecule has 2 rings (SSSR count). The summed E-state index contributed by atoms with van der Waals surface area (Å²) < 4.78 is 0. The molecule has 1 aliphatic rings. The van der Waals surface area contributed by atoms with Crippen molar-refractivity contribution in [3.63, 3.8) is 0 Å². The number of benzene rings is 1. The minimum atomic E-state index is 0.751. The maximum Gasteiger partial charge on any atom is 0.101 e. The molecule has 0 aliphatic heterocycles. The van der Waals surface area contributed by atoms with Gasteiger partial charge in [-0.2, -0.15) is 5.26 Å². The number of nitrogens with zero attached hydrogens (tertiary/aromatic N) is 1. The fraction of sp³-hybridized carbons (Fsp3) is 0.562. The van der Waals surface area contributed by atoms with Crippen LogP contribution in [0.5, 0.6) is 0 Å². The number of hydrogen-bond donors (Lipinski definition) is 1. The van der Waals surface area contributed by atoms with Crippen LogP contribution in [0.2, 0.25) is 0 Å². The van der Waals surface area contributed by atoms with Crippen LogP contribution >= 0.6 is 0 Å². The summed E-state index contributed by atoms with van der Waals surface area (Å²) in [5, 5.41) is 12.5. The van der Waals surface area contributed by atoms with Crippen LogP contribution in [-0.2, 0) is 0 Å². The van der Waals surface area contributed by atoms with Crippen molar-refractivity contribution >= 4 is 5.69 Å². The summed E-state index contributed by atoms with van der Waals surface area (Å²) in [7, 11) is 0. The summed E-state index contributed by atoms with van der Waals surface area (Å²) in [4.78, 5) is 0. The van der Waals surface area contributed by atoms with Gasteiger partial charge in [-0.25, -0.2) is 0 Å². The molecule has 0 atom stereocenters. The number of nitrogens with one attached hydrogen (secondary N) is 1. The predicted molar refractivity (Wildman–Crippen MR) is 75.6 cm³/mol.